The summed E-state index contributed by atoms with van der Waals surface area (Å²) in [4.78, 5) is 16.4. The van der Waals surface area contributed by atoms with Crippen LogP contribution < -0.4 is 10.6 Å². The number of rotatable bonds is 8. The molecule has 0 spiro atoms. The van der Waals surface area contributed by atoms with Crippen LogP contribution in [0.3, 0.4) is 0 Å². The maximum atomic E-state index is 13.4. The maximum Gasteiger partial charge on any atom is 0.224 e. The molecule has 2 aromatic heterocycles. The Labute approximate surface area is 178 Å². The lowest BCUT2D eigenvalue weighted by Crippen LogP contribution is -2.15. The third kappa shape index (κ3) is 6.07. The van der Waals surface area contributed by atoms with E-state index in [1.807, 2.05) is 20.8 Å². The van der Waals surface area contributed by atoms with E-state index in [2.05, 4.69) is 20.7 Å². The Morgan fingerprint density at radius 2 is 1.84 bits per heavy atom. The van der Waals surface area contributed by atoms with Crippen molar-refractivity contribution in [2.75, 3.05) is 10.6 Å². The Bertz CT molecular complexity index is 1060. The normalized spacial score (nSPS) is 11.1. The van der Waals surface area contributed by atoms with Crippen LogP contribution in [0, 0.1) is 30.3 Å². The maximum absolute atomic E-state index is 13.4. The molecule has 0 atom stereocenters. The quantitative estimate of drug-likeness (QED) is 0.510. The zero-order valence-electron chi connectivity index (χ0n) is 17.5. The first-order chi connectivity index (χ1) is 14.7. The Balaban J connectivity index is 1.58. The van der Waals surface area contributed by atoms with E-state index in [1.165, 1.54) is 4.68 Å². The second-order valence-corrected chi connectivity index (χ2v) is 7.75. The summed E-state index contributed by atoms with van der Waals surface area (Å²) in [6.07, 6.45) is 3.79. The first kappa shape index (κ1) is 22.3. The van der Waals surface area contributed by atoms with Crippen molar-refractivity contribution in [1.82, 2.24) is 14.8 Å². The van der Waals surface area contributed by atoms with Gasteiger partial charge in [0.2, 0.25) is 5.91 Å². The second-order valence-electron chi connectivity index (χ2n) is 7.75. The van der Waals surface area contributed by atoms with Gasteiger partial charge in [0.25, 0.3) is 0 Å². The van der Waals surface area contributed by atoms with Crippen molar-refractivity contribution in [2.24, 2.45) is 5.92 Å². The van der Waals surface area contributed by atoms with Gasteiger partial charge in [-0.15, -0.1) is 0 Å². The summed E-state index contributed by atoms with van der Waals surface area (Å²) in [5.74, 6) is -3.08. The van der Waals surface area contributed by atoms with Crippen LogP contribution in [0.4, 0.5) is 24.7 Å². The minimum Gasteiger partial charge on any atom is -0.366 e. The minimum absolute atomic E-state index is 0.0473. The van der Waals surface area contributed by atoms with Crippen LogP contribution in [0.1, 0.15) is 37.1 Å². The molecule has 3 aromatic rings. The number of carbonyl (C=O) groups excluding carboxylic acids is 1. The summed E-state index contributed by atoms with van der Waals surface area (Å²) in [6, 6.07) is 5.47. The van der Waals surface area contributed by atoms with Gasteiger partial charge in [0.05, 0.1) is 24.1 Å². The summed E-state index contributed by atoms with van der Waals surface area (Å²) in [5.41, 5.74) is 2.46. The largest absolute Gasteiger partial charge is 0.366 e. The molecule has 0 unspecified atom stereocenters. The number of anilines is 2. The van der Waals surface area contributed by atoms with Crippen LogP contribution in [-0.2, 0) is 17.9 Å². The average Bonchev–Trinajstić information content (AvgIpc) is 3.13. The summed E-state index contributed by atoms with van der Waals surface area (Å²) in [5, 5.41) is 10.2. The minimum atomic E-state index is -1.48. The van der Waals surface area contributed by atoms with Gasteiger partial charge in [-0.05, 0) is 42.7 Å². The monoisotopic (exact) mass is 431 g/mol. The molecule has 1 aromatic carbocycles. The summed E-state index contributed by atoms with van der Waals surface area (Å²) < 4.78 is 41.3. The van der Waals surface area contributed by atoms with Crippen molar-refractivity contribution < 1.29 is 18.0 Å². The topological polar surface area (TPSA) is 71.8 Å². The van der Waals surface area contributed by atoms with E-state index in [4.69, 9.17) is 0 Å². The van der Waals surface area contributed by atoms with E-state index < -0.39 is 17.5 Å². The lowest BCUT2D eigenvalue weighted by atomic mass is 10.1. The van der Waals surface area contributed by atoms with Crippen molar-refractivity contribution in [3.8, 4) is 0 Å². The molecular formula is C22H24F3N5O. The van der Waals surface area contributed by atoms with Gasteiger partial charge in [-0.3, -0.25) is 9.48 Å². The van der Waals surface area contributed by atoms with Gasteiger partial charge in [-0.25, -0.2) is 18.2 Å². The number of pyridine rings is 1. The number of halogens is 3. The fraction of sp³-hybridized carbons (Fsp3) is 0.318. The molecule has 2 N–H and O–H groups in total. The molecule has 0 aliphatic carbocycles. The van der Waals surface area contributed by atoms with Gasteiger partial charge in [0.1, 0.15) is 5.82 Å². The van der Waals surface area contributed by atoms with Crippen LogP contribution >= 0.6 is 0 Å². The number of hydrogen-bond acceptors (Lipinski definition) is 4. The van der Waals surface area contributed by atoms with Gasteiger partial charge >= 0.3 is 0 Å². The van der Waals surface area contributed by atoms with Crippen molar-refractivity contribution >= 4 is 17.4 Å². The molecule has 0 saturated heterocycles. The van der Waals surface area contributed by atoms with Gasteiger partial charge in [-0.2, -0.15) is 5.10 Å². The molecule has 0 radical (unpaired) electrons. The molecule has 6 nitrogen and oxygen atoms in total. The highest BCUT2D eigenvalue weighted by Gasteiger charge is 2.12. The number of nitrogens with one attached hydrogen (secondary N) is 2. The zero-order chi connectivity index (χ0) is 22.5. The van der Waals surface area contributed by atoms with E-state index in [9.17, 15) is 18.0 Å². The number of benzene rings is 1. The fourth-order valence-electron chi connectivity index (χ4n) is 3.03. The fourth-order valence-corrected chi connectivity index (χ4v) is 3.03. The smallest absolute Gasteiger partial charge is 0.224 e. The summed E-state index contributed by atoms with van der Waals surface area (Å²) >= 11 is 0. The Hall–Kier alpha value is -3.36. The average molecular weight is 431 g/mol. The van der Waals surface area contributed by atoms with E-state index in [0.717, 1.165) is 17.7 Å². The Kier molecular flexibility index (Phi) is 6.94. The molecule has 164 valence electrons. The van der Waals surface area contributed by atoms with Gasteiger partial charge in [0, 0.05) is 24.7 Å². The Morgan fingerprint density at radius 1 is 1.13 bits per heavy atom. The highest BCUT2D eigenvalue weighted by molar-refractivity contribution is 5.91. The molecule has 0 aliphatic heterocycles. The molecular weight excluding hydrogens is 407 g/mol. The van der Waals surface area contributed by atoms with E-state index >= 15 is 0 Å². The molecule has 0 saturated carbocycles. The van der Waals surface area contributed by atoms with E-state index in [1.54, 1.807) is 24.5 Å². The lowest BCUT2D eigenvalue weighted by molar-refractivity contribution is -0.116. The standard InChI is InChI=1S/C22H24F3N5O/c1-13(2)6-21(31)29-19-4-5-20(28-14(19)3)26-9-16-10-27-30(12-16)11-15-7-17(23)22(25)18(24)8-15/h4-5,7-8,10,12-13H,6,9,11H2,1-3H3,(H,26,28)(H,29,31). The molecule has 31 heavy (non-hydrogen) atoms. The molecule has 0 aliphatic rings. The number of hydrogen-bond donors (Lipinski definition) is 2. The molecule has 0 fully saturated rings. The summed E-state index contributed by atoms with van der Waals surface area (Å²) in [7, 11) is 0. The second kappa shape index (κ2) is 9.63. The molecule has 9 heteroatoms. The third-order valence-electron chi connectivity index (χ3n) is 4.50. The van der Waals surface area contributed by atoms with E-state index in [0.29, 0.717) is 30.2 Å². The SMILES string of the molecule is Cc1nc(NCc2cnn(Cc3cc(F)c(F)c(F)c3)c2)ccc1NC(=O)CC(C)C. The highest BCUT2D eigenvalue weighted by Crippen LogP contribution is 2.18. The molecule has 3 rings (SSSR count). The lowest BCUT2D eigenvalue weighted by Gasteiger charge is -2.11. The van der Waals surface area contributed by atoms with Crippen LogP contribution in [0.2, 0.25) is 0 Å². The zero-order valence-corrected chi connectivity index (χ0v) is 17.5. The molecule has 0 bridgehead atoms. The van der Waals surface area contributed by atoms with Crippen molar-refractivity contribution in [1.29, 1.82) is 0 Å². The Morgan fingerprint density at radius 3 is 2.48 bits per heavy atom. The third-order valence-corrected chi connectivity index (χ3v) is 4.50. The van der Waals surface area contributed by atoms with Crippen molar-refractivity contribution in [3.63, 3.8) is 0 Å². The van der Waals surface area contributed by atoms with Crippen LogP contribution in [0.25, 0.3) is 0 Å². The van der Waals surface area contributed by atoms with E-state index in [-0.39, 0.29) is 23.9 Å². The predicted molar refractivity (Wildman–Crippen MR) is 112 cm³/mol. The van der Waals surface area contributed by atoms with Crippen LogP contribution in [0.5, 0.6) is 0 Å². The first-order valence-corrected chi connectivity index (χ1v) is 9.87. The van der Waals surface area contributed by atoms with Gasteiger partial charge < -0.3 is 10.6 Å². The van der Waals surface area contributed by atoms with Gasteiger partial charge in [-0.1, -0.05) is 13.8 Å². The van der Waals surface area contributed by atoms with Gasteiger partial charge in [0.15, 0.2) is 17.5 Å². The number of aryl methyl sites for hydroxylation is 1. The van der Waals surface area contributed by atoms with Crippen LogP contribution in [0.15, 0.2) is 36.7 Å². The van der Waals surface area contributed by atoms with Crippen molar-refractivity contribution in [3.05, 3.63) is 70.9 Å². The first-order valence-electron chi connectivity index (χ1n) is 9.87. The highest BCUT2D eigenvalue weighted by atomic mass is 19.2. The number of carbonyl (C=O) groups is 1. The number of aromatic nitrogens is 3. The number of amides is 1. The van der Waals surface area contributed by atoms with Crippen LogP contribution in [-0.4, -0.2) is 20.7 Å². The number of nitrogens with zero attached hydrogens (tertiary/aromatic N) is 3. The predicted octanol–water partition coefficient (Wildman–Crippen LogP) is 4.65. The molecule has 1 amide bonds. The van der Waals surface area contributed by atoms with Crippen molar-refractivity contribution in [2.45, 2.75) is 40.3 Å². The summed E-state index contributed by atoms with van der Waals surface area (Å²) in [6.45, 7) is 6.31. The molecule has 2 heterocycles.